The summed E-state index contributed by atoms with van der Waals surface area (Å²) in [5, 5.41) is -0.142. The second-order valence-electron chi connectivity index (χ2n) is 4.77. The number of amides is 1. The van der Waals surface area contributed by atoms with Crippen molar-refractivity contribution in [2.45, 2.75) is 6.42 Å². The van der Waals surface area contributed by atoms with Crippen LogP contribution in [0.2, 0.25) is 5.28 Å². The van der Waals surface area contributed by atoms with Crippen LogP contribution in [0.3, 0.4) is 0 Å². The molecule has 2 aromatic rings. The largest absolute Gasteiger partial charge is 0.340 e. The highest BCUT2D eigenvalue weighted by Gasteiger charge is 2.28. The number of hydrogen-bond donors (Lipinski definition) is 0. The summed E-state index contributed by atoms with van der Waals surface area (Å²) in [5.74, 6) is -1.72. The molecule has 1 aliphatic heterocycles. The van der Waals surface area contributed by atoms with Crippen molar-refractivity contribution in [1.82, 2.24) is 14.9 Å². The fourth-order valence-corrected chi connectivity index (χ4v) is 2.51. The van der Waals surface area contributed by atoms with Gasteiger partial charge in [0.1, 0.15) is 17.3 Å². The van der Waals surface area contributed by atoms with Gasteiger partial charge in [-0.05, 0) is 30.2 Å². The number of fused-ring (bicyclic) bond motifs is 1. The number of carbonyl (C=O) groups is 1. The molecular weight excluding hydrogens is 300 g/mol. The van der Waals surface area contributed by atoms with E-state index in [4.69, 9.17) is 11.6 Å². The highest BCUT2D eigenvalue weighted by atomic mass is 35.5. The van der Waals surface area contributed by atoms with E-state index in [0.717, 1.165) is 12.1 Å². The van der Waals surface area contributed by atoms with Crippen LogP contribution >= 0.6 is 11.6 Å². The first-order valence-electron chi connectivity index (χ1n) is 6.24. The minimum absolute atomic E-state index is 0.106. The Balaban J connectivity index is 2.24. The summed E-state index contributed by atoms with van der Waals surface area (Å²) >= 11 is 5.84. The molecule has 0 spiro atoms. The lowest BCUT2D eigenvalue weighted by molar-refractivity contribution is 0.0774. The van der Waals surface area contributed by atoms with Crippen molar-refractivity contribution in [3.05, 3.63) is 46.4 Å². The quantitative estimate of drug-likeness (QED) is 0.761. The standard InChI is InChI=1S/C14H10ClF2N3O/c1-20-5-4-9-11(8-3-2-7(16)6-10(8)17)18-14(15)19-12(9)13(20)21/h2-3,6H,4-5H2,1H3. The fraction of sp³-hybridized carbons (Fsp3) is 0.214. The van der Waals surface area contributed by atoms with Gasteiger partial charge in [0.15, 0.2) is 0 Å². The molecule has 1 amide bonds. The summed E-state index contributed by atoms with van der Waals surface area (Å²) in [7, 11) is 1.65. The smallest absolute Gasteiger partial charge is 0.272 e. The first kappa shape index (κ1) is 13.9. The summed E-state index contributed by atoms with van der Waals surface area (Å²) in [6, 6.07) is 3.19. The van der Waals surface area contributed by atoms with E-state index in [0.29, 0.717) is 18.5 Å². The number of benzene rings is 1. The minimum atomic E-state index is -0.752. The monoisotopic (exact) mass is 309 g/mol. The van der Waals surface area contributed by atoms with Crippen LogP contribution in [0, 0.1) is 11.6 Å². The molecule has 7 heteroatoms. The maximum atomic E-state index is 14.0. The second kappa shape index (κ2) is 5.04. The highest BCUT2D eigenvalue weighted by molar-refractivity contribution is 6.28. The second-order valence-corrected chi connectivity index (χ2v) is 5.11. The van der Waals surface area contributed by atoms with E-state index in [1.165, 1.54) is 11.0 Å². The third-order valence-corrected chi connectivity index (χ3v) is 3.58. The number of halogens is 3. The molecule has 1 aromatic heterocycles. The summed E-state index contributed by atoms with van der Waals surface area (Å²) in [5.41, 5.74) is 1.05. The maximum Gasteiger partial charge on any atom is 0.272 e. The normalized spacial score (nSPS) is 14.3. The molecule has 0 aliphatic carbocycles. The molecule has 1 aliphatic rings. The Morgan fingerprint density at radius 1 is 1.24 bits per heavy atom. The predicted molar refractivity (Wildman–Crippen MR) is 73.1 cm³/mol. The van der Waals surface area contributed by atoms with Gasteiger partial charge in [-0.3, -0.25) is 4.79 Å². The van der Waals surface area contributed by atoms with Crippen LogP contribution in [0.5, 0.6) is 0 Å². The Kier molecular flexibility index (Phi) is 3.33. The summed E-state index contributed by atoms with van der Waals surface area (Å²) in [6.45, 7) is 0.479. The Bertz CT molecular complexity index is 751. The van der Waals surface area contributed by atoms with Crippen LogP contribution in [0.25, 0.3) is 11.3 Å². The summed E-state index contributed by atoms with van der Waals surface area (Å²) < 4.78 is 27.0. The highest BCUT2D eigenvalue weighted by Crippen LogP contribution is 2.30. The van der Waals surface area contributed by atoms with E-state index >= 15 is 0 Å². The van der Waals surface area contributed by atoms with Crippen LogP contribution in [0.4, 0.5) is 8.78 Å². The zero-order chi connectivity index (χ0) is 15.1. The lowest BCUT2D eigenvalue weighted by Gasteiger charge is -2.25. The van der Waals surface area contributed by atoms with Gasteiger partial charge in [-0.2, -0.15) is 0 Å². The minimum Gasteiger partial charge on any atom is -0.340 e. The summed E-state index contributed by atoms with van der Waals surface area (Å²) in [6.07, 6.45) is 0.487. The molecular formula is C14H10ClF2N3O. The molecule has 0 atom stereocenters. The van der Waals surface area contributed by atoms with Gasteiger partial charge in [-0.15, -0.1) is 0 Å². The van der Waals surface area contributed by atoms with Crippen molar-refractivity contribution < 1.29 is 13.6 Å². The van der Waals surface area contributed by atoms with Crippen molar-refractivity contribution in [1.29, 1.82) is 0 Å². The molecule has 3 rings (SSSR count). The maximum absolute atomic E-state index is 14.0. The average molecular weight is 310 g/mol. The first-order chi connectivity index (χ1) is 9.97. The lowest BCUT2D eigenvalue weighted by Crippen LogP contribution is -2.35. The molecule has 0 saturated carbocycles. The van der Waals surface area contributed by atoms with Crippen molar-refractivity contribution in [3.63, 3.8) is 0 Å². The number of carbonyl (C=O) groups excluding carboxylic acids is 1. The van der Waals surface area contributed by atoms with Gasteiger partial charge in [0, 0.05) is 30.8 Å². The SMILES string of the molecule is CN1CCc2c(nc(Cl)nc2-c2ccc(F)cc2F)C1=O. The van der Waals surface area contributed by atoms with Crippen LogP contribution < -0.4 is 0 Å². The molecule has 21 heavy (non-hydrogen) atoms. The lowest BCUT2D eigenvalue weighted by atomic mass is 9.98. The zero-order valence-electron chi connectivity index (χ0n) is 11.0. The van der Waals surface area contributed by atoms with Crippen LogP contribution in [-0.4, -0.2) is 34.4 Å². The van der Waals surface area contributed by atoms with E-state index in [9.17, 15) is 13.6 Å². The number of aromatic nitrogens is 2. The van der Waals surface area contributed by atoms with Gasteiger partial charge in [0.05, 0.1) is 5.69 Å². The molecule has 0 unspecified atom stereocenters. The van der Waals surface area contributed by atoms with Gasteiger partial charge in [-0.25, -0.2) is 18.7 Å². The van der Waals surface area contributed by atoms with Crippen molar-refractivity contribution in [2.24, 2.45) is 0 Å². The van der Waals surface area contributed by atoms with Gasteiger partial charge < -0.3 is 4.90 Å². The molecule has 0 bridgehead atoms. The molecule has 2 heterocycles. The third kappa shape index (κ3) is 2.35. The zero-order valence-corrected chi connectivity index (χ0v) is 11.8. The molecule has 108 valence electrons. The van der Waals surface area contributed by atoms with E-state index in [2.05, 4.69) is 9.97 Å². The van der Waals surface area contributed by atoms with Gasteiger partial charge in [0.2, 0.25) is 5.28 Å². The average Bonchev–Trinajstić information content (AvgIpc) is 2.43. The Labute approximate surface area is 124 Å². The number of likely N-dealkylation sites (N-methyl/N-ethyl adjacent to an activating group) is 1. The van der Waals surface area contributed by atoms with Gasteiger partial charge in [0.25, 0.3) is 5.91 Å². The molecule has 0 fully saturated rings. The van der Waals surface area contributed by atoms with Crippen molar-refractivity contribution in [2.75, 3.05) is 13.6 Å². The summed E-state index contributed by atoms with van der Waals surface area (Å²) in [4.78, 5) is 21.6. The van der Waals surface area contributed by atoms with E-state index < -0.39 is 11.6 Å². The van der Waals surface area contributed by atoms with E-state index in [-0.39, 0.29) is 28.1 Å². The molecule has 1 aromatic carbocycles. The van der Waals surface area contributed by atoms with Gasteiger partial charge in [-0.1, -0.05) is 0 Å². The molecule has 4 nitrogen and oxygen atoms in total. The number of nitrogens with zero attached hydrogens (tertiary/aromatic N) is 3. The van der Waals surface area contributed by atoms with E-state index in [1.807, 2.05) is 0 Å². The molecule has 0 radical (unpaired) electrons. The molecule has 0 N–H and O–H groups in total. The fourth-order valence-electron chi connectivity index (χ4n) is 2.34. The van der Waals surface area contributed by atoms with Crippen LogP contribution in [0.15, 0.2) is 18.2 Å². The topological polar surface area (TPSA) is 46.1 Å². The first-order valence-corrected chi connectivity index (χ1v) is 6.62. The Hall–Kier alpha value is -2.08. The van der Waals surface area contributed by atoms with Crippen LogP contribution in [0.1, 0.15) is 16.1 Å². The van der Waals surface area contributed by atoms with Crippen molar-refractivity contribution >= 4 is 17.5 Å². The van der Waals surface area contributed by atoms with Crippen molar-refractivity contribution in [3.8, 4) is 11.3 Å². The Morgan fingerprint density at radius 3 is 2.67 bits per heavy atom. The number of hydrogen-bond acceptors (Lipinski definition) is 3. The molecule has 0 saturated heterocycles. The Morgan fingerprint density at radius 2 is 1.95 bits per heavy atom. The third-order valence-electron chi connectivity index (χ3n) is 3.41. The van der Waals surface area contributed by atoms with Crippen LogP contribution in [-0.2, 0) is 6.42 Å². The number of rotatable bonds is 1. The van der Waals surface area contributed by atoms with Gasteiger partial charge >= 0.3 is 0 Å². The predicted octanol–water partition coefficient (Wildman–Crippen LogP) is 2.70. The van der Waals surface area contributed by atoms with E-state index in [1.54, 1.807) is 7.05 Å².